The molecule has 3 N–H and O–H groups in total. The van der Waals surface area contributed by atoms with E-state index in [0.29, 0.717) is 22.9 Å². The van der Waals surface area contributed by atoms with Crippen molar-refractivity contribution < 1.29 is 4.79 Å². The molecule has 192 valence electrons. The number of carbonyl (C=O) groups excluding carboxylic acids is 1. The van der Waals surface area contributed by atoms with Gasteiger partial charge in [0.1, 0.15) is 5.82 Å². The molecule has 0 fully saturated rings. The van der Waals surface area contributed by atoms with Gasteiger partial charge in [-0.25, -0.2) is 9.78 Å². The molecule has 0 unspecified atom stereocenters. The molecular formula is C29H26BrClN6O. The van der Waals surface area contributed by atoms with Crippen LogP contribution < -0.4 is 16.0 Å². The van der Waals surface area contributed by atoms with Crippen LogP contribution in [0.5, 0.6) is 0 Å². The lowest BCUT2D eigenvalue weighted by atomic mass is 10.1. The first kappa shape index (κ1) is 25.8. The molecule has 0 aliphatic rings. The number of hydrogen-bond acceptors (Lipinski definition) is 4. The topological polar surface area (TPSA) is 83.4 Å². The molecular weight excluding hydrogens is 564 g/mol. The summed E-state index contributed by atoms with van der Waals surface area (Å²) in [5.41, 5.74) is 7.99. The zero-order valence-corrected chi connectivity index (χ0v) is 23.5. The van der Waals surface area contributed by atoms with Crippen LogP contribution in [0.3, 0.4) is 0 Å². The van der Waals surface area contributed by atoms with Crippen LogP contribution in [0.4, 0.5) is 22.0 Å². The fourth-order valence-electron chi connectivity index (χ4n) is 4.47. The van der Waals surface area contributed by atoms with E-state index in [1.165, 1.54) is 5.56 Å². The minimum absolute atomic E-state index is 0.285. The van der Waals surface area contributed by atoms with E-state index in [9.17, 15) is 4.79 Å². The Hall–Kier alpha value is -3.88. The van der Waals surface area contributed by atoms with Crippen LogP contribution in [0.2, 0.25) is 5.02 Å². The number of benzene rings is 3. The van der Waals surface area contributed by atoms with Gasteiger partial charge in [-0.05, 0) is 71.6 Å². The van der Waals surface area contributed by atoms with Gasteiger partial charge in [-0.15, -0.1) is 0 Å². The second-order valence-corrected chi connectivity index (χ2v) is 10.4. The molecule has 9 heteroatoms. The average molecular weight is 590 g/mol. The van der Waals surface area contributed by atoms with Gasteiger partial charge in [0.25, 0.3) is 0 Å². The van der Waals surface area contributed by atoms with Gasteiger partial charge in [-0.2, -0.15) is 9.61 Å². The third-order valence-corrected chi connectivity index (χ3v) is 7.04. The summed E-state index contributed by atoms with van der Waals surface area (Å²) < 4.78 is 2.53. The summed E-state index contributed by atoms with van der Waals surface area (Å²) in [6, 6.07) is 21.1. The SMILES string of the molecule is Cc1cc(C)c(NC(=O)Nc2cccc(CNc3cc(-c4ccccc4Cl)nc4c(Br)cnn34)c2)c(C)c1. The Kier molecular flexibility index (Phi) is 7.35. The van der Waals surface area contributed by atoms with Crippen molar-refractivity contribution in [3.05, 3.63) is 105 Å². The van der Waals surface area contributed by atoms with Crippen LogP contribution >= 0.6 is 27.5 Å². The molecule has 2 aromatic heterocycles. The first-order chi connectivity index (χ1) is 18.3. The molecule has 0 aliphatic heterocycles. The summed E-state index contributed by atoms with van der Waals surface area (Å²) in [5.74, 6) is 0.761. The van der Waals surface area contributed by atoms with Crippen molar-refractivity contribution in [2.75, 3.05) is 16.0 Å². The standard InChI is InChI=1S/C29H26BrClN6O/c1-17-11-18(2)27(19(3)12-17)36-29(38)34-21-8-6-7-20(13-21)15-32-26-14-25(22-9-4-5-10-24(22)31)35-28-23(30)16-33-37(26)28/h4-14,16,32H,15H2,1-3H3,(H2,34,36,38). The smallest absolute Gasteiger partial charge is 0.323 e. The fraction of sp³-hybridized carbons (Fsp3) is 0.138. The van der Waals surface area contributed by atoms with Crippen molar-refractivity contribution in [3.63, 3.8) is 0 Å². The van der Waals surface area contributed by atoms with E-state index in [1.807, 2.05) is 75.4 Å². The molecule has 0 atom stereocenters. The molecule has 2 amide bonds. The normalized spacial score (nSPS) is 11.0. The summed E-state index contributed by atoms with van der Waals surface area (Å²) >= 11 is 9.99. The molecule has 0 aliphatic carbocycles. The third kappa shape index (κ3) is 5.51. The highest BCUT2D eigenvalue weighted by Gasteiger charge is 2.14. The van der Waals surface area contributed by atoms with Crippen LogP contribution in [0, 0.1) is 20.8 Å². The summed E-state index contributed by atoms with van der Waals surface area (Å²) in [7, 11) is 0. The molecule has 2 heterocycles. The van der Waals surface area contributed by atoms with Crippen LogP contribution in [-0.4, -0.2) is 20.6 Å². The summed E-state index contributed by atoms with van der Waals surface area (Å²) in [6.07, 6.45) is 1.71. The minimum Gasteiger partial charge on any atom is -0.366 e. The van der Waals surface area contributed by atoms with E-state index in [2.05, 4.69) is 49.1 Å². The quantitative estimate of drug-likeness (QED) is 0.187. The van der Waals surface area contributed by atoms with E-state index in [-0.39, 0.29) is 6.03 Å². The van der Waals surface area contributed by atoms with Gasteiger partial charge in [0.05, 0.1) is 16.4 Å². The van der Waals surface area contributed by atoms with Gasteiger partial charge in [-0.1, -0.05) is 59.6 Å². The number of aromatic nitrogens is 3. The number of nitrogens with zero attached hydrogens (tertiary/aromatic N) is 3. The highest BCUT2D eigenvalue weighted by molar-refractivity contribution is 9.10. The molecule has 3 aromatic carbocycles. The van der Waals surface area contributed by atoms with Crippen molar-refractivity contribution in [1.82, 2.24) is 14.6 Å². The molecule has 7 nitrogen and oxygen atoms in total. The number of nitrogens with one attached hydrogen (secondary N) is 3. The van der Waals surface area contributed by atoms with Gasteiger partial charge in [0.2, 0.25) is 0 Å². The minimum atomic E-state index is -0.285. The average Bonchev–Trinajstić information content (AvgIpc) is 3.26. The van der Waals surface area contributed by atoms with Gasteiger partial charge >= 0.3 is 6.03 Å². The van der Waals surface area contributed by atoms with Crippen LogP contribution in [0.25, 0.3) is 16.9 Å². The number of hydrogen-bond donors (Lipinski definition) is 3. The lowest BCUT2D eigenvalue weighted by Crippen LogP contribution is -2.20. The maximum atomic E-state index is 12.7. The Morgan fingerprint density at radius 2 is 1.74 bits per heavy atom. The number of fused-ring (bicyclic) bond motifs is 1. The van der Waals surface area contributed by atoms with Gasteiger partial charge in [0.15, 0.2) is 5.65 Å². The number of amides is 2. The lowest BCUT2D eigenvalue weighted by Gasteiger charge is -2.14. The second kappa shape index (κ2) is 10.8. The number of urea groups is 1. The highest BCUT2D eigenvalue weighted by Crippen LogP contribution is 2.30. The molecule has 0 radical (unpaired) electrons. The largest absolute Gasteiger partial charge is 0.366 e. The Bertz CT molecular complexity index is 1640. The summed E-state index contributed by atoms with van der Waals surface area (Å²) in [5, 5.41) is 14.5. The molecule has 0 saturated heterocycles. The number of anilines is 3. The fourth-order valence-corrected chi connectivity index (χ4v) is 5.05. The molecule has 0 bridgehead atoms. The van der Waals surface area contributed by atoms with Gasteiger partial charge < -0.3 is 16.0 Å². The Balaban J connectivity index is 1.34. The van der Waals surface area contributed by atoms with Crippen molar-refractivity contribution in [2.24, 2.45) is 0 Å². The van der Waals surface area contributed by atoms with E-state index in [0.717, 1.165) is 43.9 Å². The lowest BCUT2D eigenvalue weighted by molar-refractivity contribution is 0.262. The van der Waals surface area contributed by atoms with Crippen LogP contribution in [0.15, 0.2) is 77.4 Å². The molecule has 5 rings (SSSR count). The van der Waals surface area contributed by atoms with Crippen LogP contribution in [0.1, 0.15) is 22.3 Å². The number of carbonyl (C=O) groups is 1. The van der Waals surface area contributed by atoms with Crippen molar-refractivity contribution in [3.8, 4) is 11.3 Å². The van der Waals surface area contributed by atoms with Crippen molar-refractivity contribution in [2.45, 2.75) is 27.3 Å². The van der Waals surface area contributed by atoms with E-state index >= 15 is 0 Å². The van der Waals surface area contributed by atoms with Crippen molar-refractivity contribution >= 4 is 56.4 Å². The first-order valence-corrected chi connectivity index (χ1v) is 13.2. The second-order valence-electron chi connectivity index (χ2n) is 9.14. The zero-order chi connectivity index (χ0) is 26.8. The maximum Gasteiger partial charge on any atom is 0.323 e. The predicted molar refractivity (Wildman–Crippen MR) is 158 cm³/mol. The molecule has 0 saturated carbocycles. The van der Waals surface area contributed by atoms with Gasteiger partial charge in [-0.3, -0.25) is 0 Å². The maximum absolute atomic E-state index is 12.7. The first-order valence-electron chi connectivity index (χ1n) is 12.1. The Morgan fingerprint density at radius 1 is 0.974 bits per heavy atom. The highest BCUT2D eigenvalue weighted by atomic mass is 79.9. The van der Waals surface area contributed by atoms with E-state index in [4.69, 9.17) is 16.6 Å². The van der Waals surface area contributed by atoms with E-state index < -0.39 is 0 Å². The number of rotatable bonds is 6. The van der Waals surface area contributed by atoms with E-state index in [1.54, 1.807) is 10.7 Å². The molecule has 0 spiro atoms. The van der Waals surface area contributed by atoms with Crippen LogP contribution in [-0.2, 0) is 6.54 Å². The number of aryl methyl sites for hydroxylation is 3. The number of halogens is 2. The summed E-state index contributed by atoms with van der Waals surface area (Å²) in [6.45, 7) is 6.54. The van der Waals surface area contributed by atoms with Crippen molar-refractivity contribution in [1.29, 1.82) is 0 Å². The Morgan fingerprint density at radius 3 is 2.50 bits per heavy atom. The predicted octanol–water partition coefficient (Wildman–Crippen LogP) is 7.99. The zero-order valence-electron chi connectivity index (χ0n) is 21.1. The monoisotopic (exact) mass is 588 g/mol. The Labute approximate surface area is 234 Å². The third-order valence-electron chi connectivity index (χ3n) is 6.15. The van der Waals surface area contributed by atoms with Gasteiger partial charge in [0, 0.05) is 34.6 Å². The summed E-state index contributed by atoms with van der Waals surface area (Å²) in [4.78, 5) is 17.5. The molecule has 38 heavy (non-hydrogen) atoms. The molecule has 5 aromatic rings.